The zero-order valence-corrected chi connectivity index (χ0v) is 12.5. The van der Waals surface area contributed by atoms with E-state index >= 15 is 0 Å². The van der Waals surface area contributed by atoms with Gasteiger partial charge in [0.1, 0.15) is 0 Å². The highest BCUT2D eigenvalue weighted by Crippen LogP contribution is 2.27. The summed E-state index contributed by atoms with van der Waals surface area (Å²) < 4.78 is 25.2. The first-order valence-corrected chi connectivity index (χ1v) is 8.03. The Labute approximate surface area is 120 Å². The van der Waals surface area contributed by atoms with Gasteiger partial charge in [0.15, 0.2) is 9.84 Å². The van der Waals surface area contributed by atoms with Gasteiger partial charge in [-0.3, -0.25) is 0 Å². The van der Waals surface area contributed by atoms with Crippen LogP contribution in [-0.2, 0) is 15.6 Å². The minimum absolute atomic E-state index is 0.0464. The van der Waals surface area contributed by atoms with Crippen molar-refractivity contribution in [3.05, 3.63) is 63.6 Å². The lowest BCUT2D eigenvalue weighted by Crippen LogP contribution is -2.05. The molecule has 2 aromatic rings. The predicted molar refractivity (Wildman–Crippen MR) is 76.5 cm³/mol. The maximum atomic E-state index is 12.2. The lowest BCUT2D eigenvalue weighted by molar-refractivity contribution is 0.595. The second kappa shape index (κ2) is 5.43. The minimum Gasteiger partial charge on any atom is -0.223 e. The summed E-state index contributed by atoms with van der Waals surface area (Å²) in [6, 6.07) is 13.8. The van der Waals surface area contributed by atoms with Gasteiger partial charge in [-0.2, -0.15) is 0 Å². The van der Waals surface area contributed by atoms with Crippen LogP contribution in [0.4, 0.5) is 0 Å². The van der Waals surface area contributed by atoms with Crippen LogP contribution in [0.3, 0.4) is 0 Å². The topological polar surface area (TPSA) is 34.1 Å². The fraction of sp³-hybridized carbons (Fsp3) is 0.0769. The molecule has 0 aliphatic heterocycles. The molecule has 0 N–H and O–H groups in total. The molecule has 94 valence electrons. The third-order valence-electron chi connectivity index (χ3n) is 2.43. The van der Waals surface area contributed by atoms with Gasteiger partial charge in [-0.05, 0) is 23.8 Å². The maximum absolute atomic E-state index is 12.2. The summed E-state index contributed by atoms with van der Waals surface area (Å²) in [5, 5.41) is 0.236. The molecule has 0 amide bonds. The normalized spacial score (nSPS) is 11.4. The Bertz CT molecular complexity index is 654. The summed E-state index contributed by atoms with van der Waals surface area (Å²) in [4.78, 5) is 0.163. The van der Waals surface area contributed by atoms with Crippen LogP contribution in [0.5, 0.6) is 0 Å². The average molecular weight is 346 g/mol. The van der Waals surface area contributed by atoms with Gasteiger partial charge in [-0.25, -0.2) is 8.42 Å². The summed E-state index contributed by atoms with van der Waals surface area (Å²) in [5.41, 5.74) is 0.747. The summed E-state index contributed by atoms with van der Waals surface area (Å²) >= 11 is 9.22. The second-order valence-corrected chi connectivity index (χ2v) is 7.10. The van der Waals surface area contributed by atoms with E-state index in [0.29, 0.717) is 0 Å². The van der Waals surface area contributed by atoms with Crippen LogP contribution in [0.1, 0.15) is 5.56 Å². The van der Waals surface area contributed by atoms with Crippen LogP contribution < -0.4 is 0 Å². The third kappa shape index (κ3) is 3.13. The lowest BCUT2D eigenvalue weighted by Gasteiger charge is -2.07. The molecule has 0 heterocycles. The molecule has 0 bridgehead atoms. The molecule has 2 nitrogen and oxygen atoms in total. The summed E-state index contributed by atoms with van der Waals surface area (Å²) in [6.45, 7) is 0. The predicted octanol–water partition coefficient (Wildman–Crippen LogP) is 4.08. The van der Waals surface area contributed by atoms with Crippen LogP contribution in [0.25, 0.3) is 0 Å². The second-order valence-electron chi connectivity index (χ2n) is 3.82. The zero-order valence-electron chi connectivity index (χ0n) is 9.31. The number of hydrogen-bond donors (Lipinski definition) is 0. The van der Waals surface area contributed by atoms with E-state index in [9.17, 15) is 8.42 Å². The molecule has 18 heavy (non-hydrogen) atoms. The highest BCUT2D eigenvalue weighted by Gasteiger charge is 2.18. The fourth-order valence-electron chi connectivity index (χ4n) is 1.60. The molecule has 0 atom stereocenters. The Morgan fingerprint density at radius 1 is 1.06 bits per heavy atom. The molecule has 2 aromatic carbocycles. The van der Waals surface area contributed by atoms with Crippen LogP contribution in [0, 0.1) is 0 Å². The summed E-state index contributed by atoms with van der Waals surface area (Å²) in [6.07, 6.45) is 0. The molecule has 0 aromatic heterocycles. The Kier molecular flexibility index (Phi) is 4.10. The molecular weight excluding hydrogens is 336 g/mol. The first-order chi connectivity index (χ1) is 8.49. The first kappa shape index (κ1) is 13.6. The van der Waals surface area contributed by atoms with E-state index in [2.05, 4.69) is 15.9 Å². The fourth-order valence-corrected chi connectivity index (χ4v) is 4.04. The quantitative estimate of drug-likeness (QED) is 0.840. The Morgan fingerprint density at radius 2 is 1.72 bits per heavy atom. The van der Waals surface area contributed by atoms with Crippen LogP contribution in [0.15, 0.2) is 57.9 Å². The van der Waals surface area contributed by atoms with E-state index in [1.807, 2.05) is 18.2 Å². The number of hydrogen-bond acceptors (Lipinski definition) is 2. The van der Waals surface area contributed by atoms with Gasteiger partial charge in [0.2, 0.25) is 0 Å². The minimum atomic E-state index is -3.41. The van der Waals surface area contributed by atoms with Crippen molar-refractivity contribution < 1.29 is 8.42 Å². The van der Waals surface area contributed by atoms with Gasteiger partial charge in [-0.15, -0.1) is 0 Å². The lowest BCUT2D eigenvalue weighted by atomic mass is 10.2. The van der Waals surface area contributed by atoms with Gasteiger partial charge in [0.05, 0.1) is 15.7 Å². The Morgan fingerprint density at radius 3 is 2.33 bits per heavy atom. The number of sulfone groups is 1. The van der Waals surface area contributed by atoms with Crippen molar-refractivity contribution in [2.75, 3.05) is 0 Å². The highest BCUT2D eigenvalue weighted by atomic mass is 79.9. The van der Waals surface area contributed by atoms with E-state index in [1.165, 1.54) is 6.07 Å². The number of halogens is 2. The van der Waals surface area contributed by atoms with Crippen molar-refractivity contribution >= 4 is 37.4 Å². The van der Waals surface area contributed by atoms with E-state index in [-0.39, 0.29) is 15.7 Å². The van der Waals surface area contributed by atoms with Crippen molar-refractivity contribution in [2.45, 2.75) is 10.6 Å². The highest BCUT2D eigenvalue weighted by molar-refractivity contribution is 9.10. The number of benzene rings is 2. The SMILES string of the molecule is O=S(=O)(Cc1ccccc1)c1ccc(Br)cc1Cl. The first-order valence-electron chi connectivity index (χ1n) is 5.21. The van der Waals surface area contributed by atoms with Gasteiger partial charge in [-0.1, -0.05) is 57.9 Å². The van der Waals surface area contributed by atoms with Crippen molar-refractivity contribution in [3.8, 4) is 0 Å². The van der Waals surface area contributed by atoms with Crippen LogP contribution in [-0.4, -0.2) is 8.42 Å². The van der Waals surface area contributed by atoms with Gasteiger partial charge in [0, 0.05) is 4.47 Å². The molecule has 0 aliphatic carbocycles. The molecule has 0 saturated heterocycles. The van der Waals surface area contributed by atoms with E-state index < -0.39 is 9.84 Å². The molecule has 0 saturated carbocycles. The van der Waals surface area contributed by atoms with E-state index in [0.717, 1.165) is 10.0 Å². The third-order valence-corrected chi connectivity index (χ3v) is 5.09. The van der Waals surface area contributed by atoms with E-state index in [4.69, 9.17) is 11.6 Å². The Balaban J connectivity index is 2.37. The molecule has 0 radical (unpaired) electrons. The van der Waals surface area contributed by atoms with Crippen molar-refractivity contribution in [1.82, 2.24) is 0 Å². The van der Waals surface area contributed by atoms with Crippen molar-refractivity contribution in [2.24, 2.45) is 0 Å². The molecule has 0 spiro atoms. The molecule has 5 heteroatoms. The van der Waals surface area contributed by atoms with E-state index in [1.54, 1.807) is 24.3 Å². The largest absolute Gasteiger partial charge is 0.223 e. The molecule has 2 rings (SSSR count). The van der Waals surface area contributed by atoms with Crippen molar-refractivity contribution in [1.29, 1.82) is 0 Å². The van der Waals surface area contributed by atoms with Crippen molar-refractivity contribution in [3.63, 3.8) is 0 Å². The maximum Gasteiger partial charge on any atom is 0.183 e. The molecular formula is C13H10BrClO2S. The monoisotopic (exact) mass is 344 g/mol. The summed E-state index contributed by atoms with van der Waals surface area (Å²) in [7, 11) is -3.41. The van der Waals surface area contributed by atoms with Gasteiger partial charge < -0.3 is 0 Å². The van der Waals surface area contributed by atoms with Gasteiger partial charge in [0.25, 0.3) is 0 Å². The Hall–Kier alpha value is -0.840. The van der Waals surface area contributed by atoms with Gasteiger partial charge >= 0.3 is 0 Å². The number of rotatable bonds is 3. The molecule has 0 unspecified atom stereocenters. The summed E-state index contributed by atoms with van der Waals surface area (Å²) in [5.74, 6) is -0.0464. The van der Waals surface area contributed by atoms with Crippen LogP contribution in [0.2, 0.25) is 5.02 Å². The standard InChI is InChI=1S/C13H10BrClO2S/c14-11-6-7-13(12(15)8-11)18(16,17)9-10-4-2-1-3-5-10/h1-8H,9H2. The zero-order chi connectivity index (χ0) is 13.2. The molecule has 0 aliphatic rings. The van der Waals surface area contributed by atoms with Crippen LogP contribution >= 0.6 is 27.5 Å². The average Bonchev–Trinajstić information content (AvgIpc) is 2.29. The smallest absolute Gasteiger partial charge is 0.183 e. The molecule has 0 fully saturated rings.